The number of hydrogen-bond acceptors (Lipinski definition) is 3. The molecule has 1 amide bonds. The van der Waals surface area contributed by atoms with E-state index in [4.69, 9.17) is 5.73 Å². The second-order valence-corrected chi connectivity index (χ2v) is 6.39. The average molecular weight is 269 g/mol. The fraction of sp³-hybridized carbons (Fsp3) is 0.933. The zero-order valence-corrected chi connectivity index (χ0v) is 12.8. The van der Waals surface area contributed by atoms with E-state index >= 15 is 0 Å². The van der Waals surface area contributed by atoms with Crippen molar-refractivity contribution in [3.05, 3.63) is 0 Å². The molecule has 0 saturated carbocycles. The van der Waals surface area contributed by atoms with Crippen molar-refractivity contribution in [2.75, 3.05) is 33.2 Å². The van der Waals surface area contributed by atoms with Crippen molar-refractivity contribution in [1.29, 1.82) is 0 Å². The van der Waals surface area contributed by atoms with Gasteiger partial charge in [-0.3, -0.25) is 4.79 Å². The summed E-state index contributed by atoms with van der Waals surface area (Å²) in [5.74, 6) is 1.42. The van der Waals surface area contributed by atoms with Crippen molar-refractivity contribution < 1.29 is 4.79 Å². The normalized spacial score (nSPS) is 19.6. The van der Waals surface area contributed by atoms with Gasteiger partial charge in [-0.15, -0.1) is 0 Å². The van der Waals surface area contributed by atoms with Gasteiger partial charge in [0.05, 0.1) is 5.92 Å². The number of carbonyl (C=O) groups is 1. The lowest BCUT2D eigenvalue weighted by molar-refractivity contribution is -0.125. The van der Waals surface area contributed by atoms with Crippen molar-refractivity contribution in [2.45, 2.75) is 39.5 Å². The minimum Gasteiger partial charge on any atom is -0.356 e. The Bertz CT molecular complexity index is 260. The maximum Gasteiger partial charge on any atom is 0.224 e. The Kier molecular flexibility index (Phi) is 7.39. The van der Waals surface area contributed by atoms with Crippen LogP contribution in [0.25, 0.3) is 0 Å². The Morgan fingerprint density at radius 2 is 2.00 bits per heavy atom. The van der Waals surface area contributed by atoms with E-state index in [0.717, 1.165) is 25.3 Å². The molecule has 19 heavy (non-hydrogen) atoms. The van der Waals surface area contributed by atoms with E-state index in [1.165, 1.54) is 25.9 Å². The highest BCUT2D eigenvalue weighted by Gasteiger charge is 2.19. The molecule has 1 atom stereocenters. The van der Waals surface area contributed by atoms with Gasteiger partial charge in [-0.25, -0.2) is 0 Å². The van der Waals surface area contributed by atoms with Crippen LogP contribution in [-0.4, -0.2) is 44.0 Å². The van der Waals surface area contributed by atoms with Crippen molar-refractivity contribution in [3.63, 3.8) is 0 Å². The Balaban J connectivity index is 2.18. The average Bonchev–Trinajstić information content (AvgIpc) is 2.38. The number of hydrogen-bond donors (Lipinski definition) is 2. The number of piperidine rings is 1. The molecule has 0 radical (unpaired) electrons. The summed E-state index contributed by atoms with van der Waals surface area (Å²) < 4.78 is 0. The van der Waals surface area contributed by atoms with E-state index in [0.29, 0.717) is 12.5 Å². The monoisotopic (exact) mass is 269 g/mol. The number of nitrogens with zero attached hydrogens (tertiary/aromatic N) is 1. The molecule has 1 fully saturated rings. The van der Waals surface area contributed by atoms with Crippen LogP contribution in [0.5, 0.6) is 0 Å². The Morgan fingerprint density at radius 3 is 2.53 bits per heavy atom. The summed E-state index contributed by atoms with van der Waals surface area (Å²) in [5.41, 5.74) is 5.69. The van der Waals surface area contributed by atoms with Gasteiger partial charge >= 0.3 is 0 Å². The summed E-state index contributed by atoms with van der Waals surface area (Å²) >= 11 is 0. The van der Waals surface area contributed by atoms with Crippen molar-refractivity contribution >= 4 is 5.91 Å². The maximum atomic E-state index is 12.0. The number of carbonyl (C=O) groups excluding carboxylic acids is 1. The van der Waals surface area contributed by atoms with Crippen LogP contribution in [0.3, 0.4) is 0 Å². The van der Waals surface area contributed by atoms with Gasteiger partial charge in [0.2, 0.25) is 5.91 Å². The number of likely N-dealkylation sites (tertiary alicyclic amines) is 1. The molecule has 1 saturated heterocycles. The minimum atomic E-state index is -0.0162. The largest absolute Gasteiger partial charge is 0.356 e. The summed E-state index contributed by atoms with van der Waals surface area (Å²) in [5, 5.41) is 3.07. The van der Waals surface area contributed by atoms with E-state index in [1.807, 2.05) is 0 Å². The van der Waals surface area contributed by atoms with E-state index in [-0.39, 0.29) is 11.8 Å². The van der Waals surface area contributed by atoms with Gasteiger partial charge < -0.3 is 16.0 Å². The molecular formula is C15H31N3O. The quantitative estimate of drug-likeness (QED) is 0.735. The third kappa shape index (κ3) is 6.39. The zero-order chi connectivity index (χ0) is 14.3. The topological polar surface area (TPSA) is 58.4 Å². The summed E-state index contributed by atoms with van der Waals surface area (Å²) in [7, 11) is 2.18. The molecule has 1 heterocycles. The number of nitrogens with two attached hydrogens (primary N) is 1. The summed E-state index contributed by atoms with van der Waals surface area (Å²) in [4.78, 5) is 14.4. The van der Waals surface area contributed by atoms with E-state index in [9.17, 15) is 4.79 Å². The van der Waals surface area contributed by atoms with Gasteiger partial charge in [-0.05, 0) is 57.7 Å². The molecule has 1 rings (SSSR count). The van der Waals surface area contributed by atoms with E-state index in [2.05, 4.69) is 31.1 Å². The third-order valence-electron chi connectivity index (χ3n) is 4.10. The molecule has 0 spiro atoms. The lowest BCUT2D eigenvalue weighted by Crippen LogP contribution is -2.37. The fourth-order valence-electron chi connectivity index (χ4n) is 2.77. The zero-order valence-electron chi connectivity index (χ0n) is 12.8. The third-order valence-corrected chi connectivity index (χ3v) is 4.10. The van der Waals surface area contributed by atoms with Crippen LogP contribution in [0.1, 0.15) is 39.5 Å². The molecular weight excluding hydrogens is 238 g/mol. The first-order chi connectivity index (χ1) is 9.02. The molecule has 0 aliphatic carbocycles. The first kappa shape index (κ1) is 16.4. The van der Waals surface area contributed by atoms with Crippen LogP contribution in [0.15, 0.2) is 0 Å². The molecule has 3 N–H and O–H groups in total. The summed E-state index contributed by atoms with van der Waals surface area (Å²) in [6.07, 6.45) is 4.52. The van der Waals surface area contributed by atoms with Gasteiger partial charge in [0.15, 0.2) is 0 Å². The fourth-order valence-corrected chi connectivity index (χ4v) is 2.77. The number of rotatable bonds is 7. The molecule has 1 aliphatic heterocycles. The van der Waals surface area contributed by atoms with Crippen LogP contribution in [0.2, 0.25) is 0 Å². The molecule has 1 aliphatic rings. The lowest BCUT2D eigenvalue weighted by atomic mass is 9.93. The molecule has 4 heteroatoms. The second-order valence-electron chi connectivity index (χ2n) is 6.39. The molecule has 0 aromatic rings. The highest BCUT2D eigenvalue weighted by Crippen LogP contribution is 2.19. The second kappa shape index (κ2) is 8.54. The van der Waals surface area contributed by atoms with Crippen molar-refractivity contribution in [2.24, 2.45) is 23.5 Å². The predicted octanol–water partition coefficient (Wildman–Crippen LogP) is 1.46. The predicted molar refractivity (Wildman–Crippen MR) is 79.8 cm³/mol. The SMILES string of the molecule is CC(C)CC(CN)C(=O)NCCC1CCN(C)CC1. The highest BCUT2D eigenvalue weighted by atomic mass is 16.1. The standard InChI is InChI=1S/C15H31N3O/c1-12(2)10-14(11-16)15(19)17-7-4-13-5-8-18(3)9-6-13/h12-14H,4-11,16H2,1-3H3,(H,17,19). The van der Waals surface area contributed by atoms with Gasteiger partial charge in [-0.1, -0.05) is 13.8 Å². The van der Waals surface area contributed by atoms with Gasteiger partial charge in [0, 0.05) is 13.1 Å². The maximum absolute atomic E-state index is 12.0. The molecule has 0 aromatic carbocycles. The Labute approximate surface area is 118 Å². The highest BCUT2D eigenvalue weighted by molar-refractivity contribution is 5.78. The summed E-state index contributed by atoms with van der Waals surface area (Å²) in [6, 6.07) is 0. The van der Waals surface area contributed by atoms with Crippen LogP contribution in [0.4, 0.5) is 0 Å². The molecule has 1 unspecified atom stereocenters. The van der Waals surface area contributed by atoms with Gasteiger partial charge in [0.25, 0.3) is 0 Å². The van der Waals surface area contributed by atoms with Crippen LogP contribution in [-0.2, 0) is 4.79 Å². The molecule has 0 bridgehead atoms. The molecule has 4 nitrogen and oxygen atoms in total. The van der Waals surface area contributed by atoms with Crippen LogP contribution >= 0.6 is 0 Å². The van der Waals surface area contributed by atoms with Gasteiger partial charge in [-0.2, -0.15) is 0 Å². The Hall–Kier alpha value is -0.610. The Morgan fingerprint density at radius 1 is 1.37 bits per heavy atom. The van der Waals surface area contributed by atoms with E-state index in [1.54, 1.807) is 0 Å². The molecule has 0 aromatic heterocycles. The van der Waals surface area contributed by atoms with Crippen molar-refractivity contribution in [1.82, 2.24) is 10.2 Å². The number of nitrogens with one attached hydrogen (secondary N) is 1. The van der Waals surface area contributed by atoms with Gasteiger partial charge in [0.1, 0.15) is 0 Å². The first-order valence-corrected chi connectivity index (χ1v) is 7.69. The first-order valence-electron chi connectivity index (χ1n) is 7.69. The number of amides is 1. The van der Waals surface area contributed by atoms with Crippen LogP contribution < -0.4 is 11.1 Å². The smallest absolute Gasteiger partial charge is 0.224 e. The lowest BCUT2D eigenvalue weighted by Gasteiger charge is -2.29. The summed E-state index contributed by atoms with van der Waals surface area (Å²) in [6.45, 7) is 7.91. The van der Waals surface area contributed by atoms with E-state index < -0.39 is 0 Å². The molecule has 112 valence electrons. The van der Waals surface area contributed by atoms with Crippen molar-refractivity contribution in [3.8, 4) is 0 Å². The minimum absolute atomic E-state index is 0.0162. The van der Waals surface area contributed by atoms with Crippen LogP contribution in [0, 0.1) is 17.8 Å².